The van der Waals surface area contributed by atoms with Crippen LogP contribution in [-0.2, 0) is 4.74 Å². The minimum atomic E-state index is -0.427. The molecule has 1 amide bonds. The molecule has 1 aromatic rings. The highest BCUT2D eigenvalue weighted by Crippen LogP contribution is 2.22. The molecular weight excluding hydrogens is 361 g/mol. The zero-order valence-corrected chi connectivity index (χ0v) is 11.3. The van der Waals surface area contributed by atoms with Crippen LogP contribution in [0.1, 0.15) is 6.92 Å². The number of ether oxygens (including phenoxy) is 1. The fourth-order valence-electron chi connectivity index (χ4n) is 0.870. The van der Waals surface area contributed by atoms with Crippen molar-refractivity contribution in [3.8, 4) is 0 Å². The predicted molar refractivity (Wildman–Crippen MR) is 67.5 cm³/mol. The maximum absolute atomic E-state index is 11.1. The Hall–Kier alpha value is -0.300. The van der Waals surface area contributed by atoms with E-state index in [1.54, 1.807) is 6.92 Å². The lowest BCUT2D eigenvalue weighted by Gasteiger charge is -2.07. The van der Waals surface area contributed by atoms with Gasteiger partial charge in [0.1, 0.15) is 0 Å². The summed E-state index contributed by atoms with van der Waals surface area (Å²) < 4.78 is 6.66. The molecule has 0 aliphatic rings. The van der Waals surface area contributed by atoms with Crippen molar-refractivity contribution in [2.75, 3.05) is 11.9 Å². The normalized spacial score (nSPS) is 9.64. The number of nitrogens with one attached hydrogen (secondary N) is 1. The molecule has 0 radical (unpaired) electrons. The van der Waals surface area contributed by atoms with Crippen molar-refractivity contribution >= 4 is 50.3 Å². The summed E-state index contributed by atoms with van der Waals surface area (Å²) in [7, 11) is 0. The van der Waals surface area contributed by atoms with Crippen molar-refractivity contribution < 1.29 is 9.53 Å². The van der Waals surface area contributed by atoms with Gasteiger partial charge in [-0.15, -0.1) is 0 Å². The fraction of sp³-hybridized carbons (Fsp3) is 0.222. The number of hydrogen-bond donors (Lipinski definition) is 1. The molecule has 5 heteroatoms. The van der Waals surface area contributed by atoms with Crippen LogP contribution in [-0.4, -0.2) is 12.7 Å². The SMILES string of the molecule is CCOC(=O)Nc1cc(Br)ccc1I. The quantitative estimate of drug-likeness (QED) is 0.808. The summed E-state index contributed by atoms with van der Waals surface area (Å²) >= 11 is 5.48. The summed E-state index contributed by atoms with van der Waals surface area (Å²) in [5, 5.41) is 2.65. The van der Waals surface area contributed by atoms with Crippen molar-refractivity contribution in [1.82, 2.24) is 0 Å². The van der Waals surface area contributed by atoms with E-state index in [1.807, 2.05) is 18.2 Å². The Balaban J connectivity index is 2.75. The molecule has 14 heavy (non-hydrogen) atoms. The van der Waals surface area contributed by atoms with Gasteiger partial charge in [0.15, 0.2) is 0 Å². The van der Waals surface area contributed by atoms with E-state index in [1.165, 1.54) is 0 Å². The van der Waals surface area contributed by atoms with E-state index < -0.39 is 6.09 Å². The number of benzene rings is 1. The summed E-state index contributed by atoms with van der Waals surface area (Å²) in [6.07, 6.45) is -0.427. The molecule has 0 bridgehead atoms. The first-order valence-electron chi connectivity index (χ1n) is 4.02. The van der Waals surface area contributed by atoms with Gasteiger partial charge in [-0.1, -0.05) is 15.9 Å². The molecule has 3 nitrogen and oxygen atoms in total. The van der Waals surface area contributed by atoms with Crippen LogP contribution < -0.4 is 5.32 Å². The van der Waals surface area contributed by atoms with Gasteiger partial charge < -0.3 is 4.74 Å². The summed E-state index contributed by atoms with van der Waals surface area (Å²) in [5.74, 6) is 0. The number of anilines is 1. The molecule has 0 fully saturated rings. The fourth-order valence-corrected chi connectivity index (χ4v) is 1.70. The first-order chi connectivity index (χ1) is 6.63. The van der Waals surface area contributed by atoms with Crippen LogP contribution in [0.3, 0.4) is 0 Å². The van der Waals surface area contributed by atoms with E-state index >= 15 is 0 Å². The van der Waals surface area contributed by atoms with Gasteiger partial charge in [-0.25, -0.2) is 4.79 Å². The van der Waals surface area contributed by atoms with Gasteiger partial charge in [0, 0.05) is 8.04 Å². The van der Waals surface area contributed by atoms with Gasteiger partial charge in [0.05, 0.1) is 12.3 Å². The molecule has 0 atom stereocenters. The first kappa shape index (κ1) is 11.8. The molecule has 1 N–H and O–H groups in total. The summed E-state index contributed by atoms with van der Waals surface area (Å²) in [5.41, 5.74) is 0.749. The minimum Gasteiger partial charge on any atom is -0.450 e. The van der Waals surface area contributed by atoms with Crippen molar-refractivity contribution in [2.45, 2.75) is 6.92 Å². The summed E-state index contributed by atoms with van der Waals surface area (Å²) in [6, 6.07) is 5.66. The Morgan fingerprint density at radius 3 is 3.00 bits per heavy atom. The molecular formula is C9H9BrINO2. The second-order valence-electron chi connectivity index (χ2n) is 2.47. The Bertz CT molecular complexity index is 344. The van der Waals surface area contributed by atoms with Crippen molar-refractivity contribution in [1.29, 1.82) is 0 Å². The van der Waals surface area contributed by atoms with Crippen LogP contribution >= 0.6 is 38.5 Å². The van der Waals surface area contributed by atoms with Gasteiger partial charge in [0.25, 0.3) is 0 Å². The largest absolute Gasteiger partial charge is 0.450 e. The highest BCUT2D eigenvalue weighted by molar-refractivity contribution is 14.1. The molecule has 0 heterocycles. The number of carbonyl (C=O) groups is 1. The molecule has 1 rings (SSSR count). The van der Waals surface area contributed by atoms with Crippen LogP contribution in [0.5, 0.6) is 0 Å². The lowest BCUT2D eigenvalue weighted by Crippen LogP contribution is -2.14. The second kappa shape index (κ2) is 5.55. The monoisotopic (exact) mass is 369 g/mol. The molecule has 0 saturated heterocycles. The van der Waals surface area contributed by atoms with Gasteiger partial charge in [-0.3, -0.25) is 5.32 Å². The third kappa shape index (κ3) is 3.45. The average molecular weight is 370 g/mol. The maximum Gasteiger partial charge on any atom is 0.411 e. The summed E-state index contributed by atoms with van der Waals surface area (Å²) in [4.78, 5) is 11.1. The molecule has 0 aliphatic heterocycles. The number of carbonyl (C=O) groups excluding carboxylic acids is 1. The molecule has 0 spiro atoms. The molecule has 0 saturated carbocycles. The molecule has 0 aliphatic carbocycles. The zero-order valence-electron chi connectivity index (χ0n) is 7.51. The number of amides is 1. The summed E-state index contributed by atoms with van der Waals surface area (Å²) in [6.45, 7) is 2.14. The highest BCUT2D eigenvalue weighted by Gasteiger charge is 2.05. The Labute approximate surface area is 104 Å². The van der Waals surface area contributed by atoms with Crippen molar-refractivity contribution in [2.24, 2.45) is 0 Å². The smallest absolute Gasteiger partial charge is 0.411 e. The van der Waals surface area contributed by atoms with Gasteiger partial charge in [0.2, 0.25) is 0 Å². The topological polar surface area (TPSA) is 38.3 Å². The molecule has 76 valence electrons. The van der Waals surface area contributed by atoms with E-state index in [-0.39, 0.29) is 0 Å². The second-order valence-corrected chi connectivity index (χ2v) is 4.55. The molecule has 1 aromatic carbocycles. The number of rotatable bonds is 2. The van der Waals surface area contributed by atoms with E-state index in [0.717, 1.165) is 13.7 Å². The molecule has 0 unspecified atom stereocenters. The highest BCUT2D eigenvalue weighted by atomic mass is 127. The van der Waals surface area contributed by atoms with E-state index in [4.69, 9.17) is 4.74 Å². The molecule has 0 aromatic heterocycles. The Morgan fingerprint density at radius 1 is 1.64 bits per heavy atom. The lowest BCUT2D eigenvalue weighted by atomic mass is 10.3. The standard InChI is InChI=1S/C9H9BrINO2/c1-2-14-9(13)12-8-5-6(10)3-4-7(8)11/h3-5H,2H2,1H3,(H,12,13). The third-order valence-corrected chi connectivity index (χ3v) is 2.87. The first-order valence-corrected chi connectivity index (χ1v) is 5.89. The van der Waals surface area contributed by atoms with Crippen LogP contribution in [0.2, 0.25) is 0 Å². The Kier molecular flexibility index (Phi) is 4.67. The zero-order chi connectivity index (χ0) is 10.6. The lowest BCUT2D eigenvalue weighted by molar-refractivity contribution is 0.168. The average Bonchev–Trinajstić information content (AvgIpc) is 2.12. The van der Waals surface area contributed by atoms with Crippen molar-refractivity contribution in [3.63, 3.8) is 0 Å². The number of hydrogen-bond acceptors (Lipinski definition) is 2. The maximum atomic E-state index is 11.1. The van der Waals surface area contributed by atoms with Gasteiger partial charge in [-0.2, -0.15) is 0 Å². The minimum absolute atomic E-state index is 0.371. The van der Waals surface area contributed by atoms with Crippen LogP contribution in [0.4, 0.5) is 10.5 Å². The Morgan fingerprint density at radius 2 is 2.36 bits per heavy atom. The van der Waals surface area contributed by atoms with Crippen LogP contribution in [0.25, 0.3) is 0 Å². The van der Waals surface area contributed by atoms with Crippen LogP contribution in [0, 0.1) is 3.57 Å². The van der Waals surface area contributed by atoms with Crippen molar-refractivity contribution in [3.05, 3.63) is 26.2 Å². The number of halogens is 2. The van der Waals surface area contributed by atoms with E-state index in [9.17, 15) is 4.79 Å². The van der Waals surface area contributed by atoms with E-state index in [2.05, 4.69) is 43.8 Å². The van der Waals surface area contributed by atoms with E-state index in [0.29, 0.717) is 6.61 Å². The predicted octanol–water partition coefficient (Wildman–Crippen LogP) is 3.62. The van der Waals surface area contributed by atoms with Gasteiger partial charge >= 0.3 is 6.09 Å². The van der Waals surface area contributed by atoms with Gasteiger partial charge in [-0.05, 0) is 47.7 Å². The van der Waals surface area contributed by atoms with Crippen LogP contribution in [0.15, 0.2) is 22.7 Å². The third-order valence-electron chi connectivity index (χ3n) is 1.44.